The molecule has 2 heterocycles. The molecule has 0 saturated heterocycles. The van der Waals surface area contributed by atoms with Crippen LogP contribution in [0, 0.1) is 5.82 Å². The summed E-state index contributed by atoms with van der Waals surface area (Å²) in [5.41, 5.74) is 6.53. The van der Waals surface area contributed by atoms with Gasteiger partial charge in [0.05, 0.1) is 24.2 Å². The molecule has 29 heavy (non-hydrogen) atoms. The smallest absolute Gasteiger partial charge is 0.366 e. The van der Waals surface area contributed by atoms with Gasteiger partial charge in [0.25, 0.3) is 5.91 Å². The van der Waals surface area contributed by atoms with Crippen molar-refractivity contribution in [2.24, 2.45) is 5.73 Å². The highest BCUT2D eigenvalue weighted by molar-refractivity contribution is 6.33. The topological polar surface area (TPSA) is 80.4 Å². The minimum absolute atomic E-state index is 0.0494. The molecule has 11 heteroatoms. The Morgan fingerprint density at radius 2 is 1.97 bits per heavy atom. The second-order valence-electron chi connectivity index (χ2n) is 6.53. The van der Waals surface area contributed by atoms with Gasteiger partial charge in [0, 0.05) is 25.2 Å². The van der Waals surface area contributed by atoms with Gasteiger partial charge in [-0.2, -0.15) is 13.2 Å². The molecule has 1 aliphatic heterocycles. The Morgan fingerprint density at radius 1 is 1.24 bits per heavy atom. The molecule has 0 fully saturated rings. The van der Waals surface area contributed by atoms with Crippen molar-refractivity contribution < 1.29 is 27.2 Å². The van der Waals surface area contributed by atoms with Crippen LogP contribution in [0.5, 0.6) is 0 Å². The first-order valence-corrected chi connectivity index (χ1v) is 9.02. The Morgan fingerprint density at radius 3 is 2.59 bits per heavy atom. The minimum atomic E-state index is -4.38. The number of hydrogen-bond donors (Lipinski definition) is 2. The van der Waals surface area contributed by atoms with Crippen molar-refractivity contribution >= 4 is 23.5 Å². The molecule has 156 valence electrons. The Balaban J connectivity index is 1.89. The summed E-state index contributed by atoms with van der Waals surface area (Å²) >= 11 is 6.43. The van der Waals surface area contributed by atoms with E-state index in [1.54, 1.807) is 10.6 Å². The largest absolute Gasteiger partial charge is 0.390 e. The maximum absolute atomic E-state index is 13.7. The minimum Gasteiger partial charge on any atom is -0.366 e. The molecule has 2 aromatic rings. The number of aromatic nitrogens is 1. The summed E-state index contributed by atoms with van der Waals surface area (Å²) in [6.45, 7) is -0.264. The highest BCUT2D eigenvalue weighted by atomic mass is 35.5. The SMILES string of the molecule is NC(=O)c1c(-c2cccc(F)c2)c(Cl)n2c1CN(C(=O)NCCC(F)(F)F)CC2. The van der Waals surface area contributed by atoms with Crippen LogP contribution in [0.4, 0.5) is 22.4 Å². The number of hydrogen-bond acceptors (Lipinski definition) is 2. The van der Waals surface area contributed by atoms with E-state index in [1.165, 1.54) is 23.1 Å². The molecule has 3 rings (SSSR count). The molecular formula is C18H17ClF4N4O2. The molecule has 0 atom stereocenters. The number of alkyl halides is 3. The maximum Gasteiger partial charge on any atom is 0.390 e. The number of carbonyl (C=O) groups is 2. The van der Waals surface area contributed by atoms with E-state index in [9.17, 15) is 27.2 Å². The first-order valence-electron chi connectivity index (χ1n) is 8.64. The molecule has 1 aromatic heterocycles. The predicted molar refractivity (Wildman–Crippen MR) is 97.8 cm³/mol. The fourth-order valence-electron chi connectivity index (χ4n) is 3.28. The standard InChI is InChI=1S/C18H17ClF4N4O2/c19-15-13(10-2-1-3-11(20)8-10)14(16(24)28)12-9-26(6-7-27(12)15)17(29)25-5-4-18(21,22)23/h1-3,8H,4-7,9H2,(H2,24,28)(H,25,29). The van der Waals surface area contributed by atoms with Crippen LogP contribution in [0.1, 0.15) is 22.5 Å². The molecule has 0 unspecified atom stereocenters. The predicted octanol–water partition coefficient (Wildman–Crippen LogP) is 3.52. The fourth-order valence-corrected chi connectivity index (χ4v) is 3.67. The molecule has 3 N–H and O–H groups in total. The normalized spacial score (nSPS) is 13.9. The van der Waals surface area contributed by atoms with Crippen LogP contribution >= 0.6 is 11.6 Å². The van der Waals surface area contributed by atoms with E-state index < -0.39 is 36.9 Å². The van der Waals surface area contributed by atoms with Gasteiger partial charge < -0.3 is 20.5 Å². The molecule has 3 amide bonds. The van der Waals surface area contributed by atoms with Crippen LogP contribution in [-0.4, -0.2) is 40.7 Å². The van der Waals surface area contributed by atoms with Gasteiger partial charge in [-0.1, -0.05) is 23.7 Å². The molecular weight excluding hydrogens is 416 g/mol. The summed E-state index contributed by atoms with van der Waals surface area (Å²) in [4.78, 5) is 25.6. The number of nitrogens with one attached hydrogen (secondary N) is 1. The third-order valence-corrected chi connectivity index (χ3v) is 4.97. The zero-order chi connectivity index (χ0) is 21.3. The number of amides is 3. The summed E-state index contributed by atoms with van der Waals surface area (Å²) in [5.74, 6) is -1.33. The lowest BCUT2D eigenvalue weighted by molar-refractivity contribution is -0.133. The number of benzene rings is 1. The van der Waals surface area contributed by atoms with Gasteiger partial charge in [-0.3, -0.25) is 4.79 Å². The van der Waals surface area contributed by atoms with Crippen molar-refractivity contribution in [3.63, 3.8) is 0 Å². The second-order valence-corrected chi connectivity index (χ2v) is 6.89. The zero-order valence-electron chi connectivity index (χ0n) is 15.0. The Bertz CT molecular complexity index is 958. The number of fused-ring (bicyclic) bond motifs is 1. The molecule has 0 saturated carbocycles. The van der Waals surface area contributed by atoms with Crippen molar-refractivity contribution in [3.05, 3.63) is 46.5 Å². The first kappa shape index (κ1) is 21.0. The van der Waals surface area contributed by atoms with Gasteiger partial charge >= 0.3 is 12.2 Å². The molecule has 1 aliphatic rings. The fraction of sp³-hybridized carbons (Fsp3) is 0.333. The van der Waals surface area contributed by atoms with E-state index >= 15 is 0 Å². The van der Waals surface area contributed by atoms with Gasteiger partial charge in [0.1, 0.15) is 11.0 Å². The van der Waals surface area contributed by atoms with Crippen molar-refractivity contribution in [2.75, 3.05) is 13.1 Å². The van der Waals surface area contributed by atoms with E-state index in [0.717, 1.165) is 0 Å². The third-order valence-electron chi connectivity index (χ3n) is 4.57. The van der Waals surface area contributed by atoms with Crippen LogP contribution in [0.25, 0.3) is 11.1 Å². The van der Waals surface area contributed by atoms with E-state index in [0.29, 0.717) is 11.3 Å². The van der Waals surface area contributed by atoms with Crippen LogP contribution in [0.3, 0.4) is 0 Å². The van der Waals surface area contributed by atoms with E-state index in [2.05, 4.69) is 5.32 Å². The van der Waals surface area contributed by atoms with Crippen LogP contribution < -0.4 is 11.1 Å². The van der Waals surface area contributed by atoms with Crippen molar-refractivity contribution in [3.8, 4) is 11.1 Å². The number of nitrogens with two attached hydrogens (primary N) is 1. The number of carbonyl (C=O) groups excluding carboxylic acids is 2. The highest BCUT2D eigenvalue weighted by Gasteiger charge is 2.32. The molecule has 0 aliphatic carbocycles. The lowest BCUT2D eigenvalue weighted by atomic mass is 10.0. The van der Waals surface area contributed by atoms with Gasteiger partial charge in [0.15, 0.2) is 0 Å². The Hall–Kier alpha value is -2.75. The summed E-state index contributed by atoms with van der Waals surface area (Å²) in [5, 5.41) is 2.39. The van der Waals surface area contributed by atoms with E-state index in [1.807, 2.05) is 0 Å². The lowest BCUT2D eigenvalue weighted by Gasteiger charge is -2.29. The lowest BCUT2D eigenvalue weighted by Crippen LogP contribution is -2.45. The van der Waals surface area contributed by atoms with E-state index in [4.69, 9.17) is 17.3 Å². The van der Waals surface area contributed by atoms with Gasteiger partial charge in [-0.05, 0) is 17.7 Å². The highest BCUT2D eigenvalue weighted by Crippen LogP contribution is 2.38. The van der Waals surface area contributed by atoms with E-state index in [-0.39, 0.29) is 35.9 Å². The number of primary amides is 1. The number of nitrogens with zero attached hydrogens (tertiary/aromatic N) is 2. The van der Waals surface area contributed by atoms with Crippen molar-refractivity contribution in [1.29, 1.82) is 0 Å². The van der Waals surface area contributed by atoms with Gasteiger partial charge in [0.2, 0.25) is 0 Å². The quantitative estimate of drug-likeness (QED) is 0.725. The van der Waals surface area contributed by atoms with Crippen molar-refractivity contribution in [1.82, 2.24) is 14.8 Å². The summed E-state index contributed by atoms with van der Waals surface area (Å²) < 4.78 is 52.1. The number of urea groups is 1. The van der Waals surface area contributed by atoms with Crippen LogP contribution in [-0.2, 0) is 13.1 Å². The third kappa shape index (κ3) is 4.47. The summed E-state index contributed by atoms with van der Waals surface area (Å²) in [6, 6.07) is 4.79. The maximum atomic E-state index is 13.7. The molecule has 1 aromatic carbocycles. The average molecular weight is 433 g/mol. The van der Waals surface area contributed by atoms with Gasteiger partial charge in [-0.15, -0.1) is 0 Å². The van der Waals surface area contributed by atoms with Crippen molar-refractivity contribution in [2.45, 2.75) is 25.7 Å². The zero-order valence-corrected chi connectivity index (χ0v) is 15.8. The Labute approximate surface area is 168 Å². The number of halogens is 5. The molecule has 0 bridgehead atoms. The van der Waals surface area contributed by atoms with Gasteiger partial charge in [-0.25, -0.2) is 9.18 Å². The monoisotopic (exact) mass is 432 g/mol. The summed E-state index contributed by atoms with van der Waals surface area (Å²) in [6.07, 6.45) is -5.53. The second kappa shape index (κ2) is 7.94. The van der Waals surface area contributed by atoms with Crippen LogP contribution in [0.2, 0.25) is 5.15 Å². The number of rotatable bonds is 4. The average Bonchev–Trinajstić information content (AvgIpc) is 2.93. The Kier molecular flexibility index (Phi) is 5.74. The first-order chi connectivity index (χ1) is 13.6. The molecule has 6 nitrogen and oxygen atoms in total. The molecule has 0 radical (unpaired) electrons. The van der Waals surface area contributed by atoms with Crippen LogP contribution in [0.15, 0.2) is 24.3 Å². The summed E-state index contributed by atoms with van der Waals surface area (Å²) in [7, 11) is 0. The molecule has 0 spiro atoms.